The number of ether oxygens (including phenoxy) is 1. The molecule has 0 aromatic heterocycles. The Morgan fingerprint density at radius 1 is 1.18 bits per heavy atom. The molecule has 0 bridgehead atoms. The van der Waals surface area contributed by atoms with E-state index >= 15 is 0 Å². The van der Waals surface area contributed by atoms with Crippen molar-refractivity contribution < 1.29 is 4.74 Å². The number of nitrogens with one attached hydrogen (secondary N) is 2. The van der Waals surface area contributed by atoms with Gasteiger partial charge >= 0.3 is 0 Å². The van der Waals surface area contributed by atoms with Gasteiger partial charge in [0.2, 0.25) is 0 Å². The van der Waals surface area contributed by atoms with Gasteiger partial charge in [0.25, 0.3) is 0 Å². The minimum atomic E-state index is 0.167. The number of guanidine groups is 1. The normalized spacial score (nSPS) is 21.0. The van der Waals surface area contributed by atoms with Gasteiger partial charge in [0.1, 0.15) is 0 Å². The van der Waals surface area contributed by atoms with Gasteiger partial charge in [-0.3, -0.25) is 9.89 Å². The van der Waals surface area contributed by atoms with E-state index in [-0.39, 0.29) is 5.54 Å². The van der Waals surface area contributed by atoms with Crippen LogP contribution in [-0.4, -0.2) is 62.8 Å². The molecule has 128 valence electrons. The summed E-state index contributed by atoms with van der Waals surface area (Å²) < 4.78 is 5.64. The summed E-state index contributed by atoms with van der Waals surface area (Å²) in [4.78, 5) is 6.89. The third-order valence-corrected chi connectivity index (χ3v) is 4.71. The van der Waals surface area contributed by atoms with Crippen LogP contribution in [0.2, 0.25) is 0 Å². The molecule has 0 radical (unpaired) electrons. The van der Waals surface area contributed by atoms with Crippen molar-refractivity contribution in [2.75, 3.05) is 46.4 Å². The predicted molar refractivity (Wildman–Crippen MR) is 92.4 cm³/mol. The Balaban J connectivity index is 1.61. The van der Waals surface area contributed by atoms with Gasteiger partial charge in [-0.05, 0) is 58.5 Å². The van der Waals surface area contributed by atoms with E-state index in [9.17, 15) is 0 Å². The maximum Gasteiger partial charge on any atom is 0.191 e. The number of rotatable bonds is 8. The van der Waals surface area contributed by atoms with E-state index in [1.807, 2.05) is 7.05 Å². The summed E-state index contributed by atoms with van der Waals surface area (Å²) >= 11 is 0. The predicted octanol–water partition coefficient (Wildman–Crippen LogP) is 1.84. The van der Waals surface area contributed by atoms with Crippen LogP contribution in [0.15, 0.2) is 4.99 Å². The van der Waals surface area contributed by atoms with Gasteiger partial charge in [-0.25, -0.2) is 0 Å². The van der Waals surface area contributed by atoms with E-state index in [1.54, 1.807) is 0 Å². The van der Waals surface area contributed by atoms with Crippen molar-refractivity contribution in [1.82, 2.24) is 15.5 Å². The van der Waals surface area contributed by atoms with Gasteiger partial charge < -0.3 is 15.4 Å². The zero-order chi connectivity index (χ0) is 15.8. The van der Waals surface area contributed by atoms with Crippen molar-refractivity contribution in [3.05, 3.63) is 0 Å². The summed E-state index contributed by atoms with van der Waals surface area (Å²) in [5.74, 6) is 1.71. The van der Waals surface area contributed by atoms with Gasteiger partial charge in [-0.15, -0.1) is 0 Å². The summed E-state index contributed by atoms with van der Waals surface area (Å²) in [5, 5.41) is 6.80. The van der Waals surface area contributed by atoms with Crippen LogP contribution in [0.1, 0.15) is 46.0 Å². The average Bonchev–Trinajstić information content (AvgIpc) is 3.35. The lowest BCUT2D eigenvalue weighted by Crippen LogP contribution is -2.55. The number of aliphatic imine (C=N–C) groups is 1. The van der Waals surface area contributed by atoms with Crippen LogP contribution in [0, 0.1) is 5.92 Å². The molecule has 2 fully saturated rings. The van der Waals surface area contributed by atoms with Crippen molar-refractivity contribution in [3.8, 4) is 0 Å². The molecule has 0 unspecified atom stereocenters. The van der Waals surface area contributed by atoms with Crippen molar-refractivity contribution in [2.45, 2.75) is 51.5 Å². The third kappa shape index (κ3) is 6.13. The lowest BCUT2D eigenvalue weighted by Gasteiger charge is -2.41. The fourth-order valence-corrected chi connectivity index (χ4v) is 2.91. The lowest BCUT2D eigenvalue weighted by atomic mass is 9.98. The molecule has 22 heavy (non-hydrogen) atoms. The number of hydrogen-bond acceptors (Lipinski definition) is 3. The zero-order valence-electron chi connectivity index (χ0n) is 14.7. The molecule has 0 amide bonds. The van der Waals surface area contributed by atoms with E-state index in [1.165, 1.54) is 45.2 Å². The third-order valence-electron chi connectivity index (χ3n) is 4.71. The molecular formula is C17H34N4O. The van der Waals surface area contributed by atoms with Crippen LogP contribution in [0.4, 0.5) is 0 Å². The fourth-order valence-electron chi connectivity index (χ4n) is 2.91. The van der Waals surface area contributed by atoms with Crippen molar-refractivity contribution >= 4 is 5.96 Å². The van der Waals surface area contributed by atoms with E-state index in [2.05, 4.69) is 34.4 Å². The molecule has 1 heterocycles. The topological polar surface area (TPSA) is 48.9 Å². The number of piperidine rings is 1. The second kappa shape index (κ2) is 8.73. The summed E-state index contributed by atoms with van der Waals surface area (Å²) in [6.07, 6.45) is 6.73. The zero-order valence-corrected chi connectivity index (χ0v) is 14.7. The van der Waals surface area contributed by atoms with E-state index < -0.39 is 0 Å². The second-order valence-corrected chi connectivity index (χ2v) is 7.23. The molecule has 2 aliphatic rings. The standard InChI is InChI=1S/C17H34N4O/c1-17(2,21-10-5-4-6-11-21)14-20-16(18-3)19-9-12-22-13-15-7-8-15/h15H,4-14H2,1-3H3,(H2,18,19,20). The summed E-state index contributed by atoms with van der Waals surface area (Å²) in [6.45, 7) is 10.5. The van der Waals surface area contributed by atoms with Crippen molar-refractivity contribution in [1.29, 1.82) is 0 Å². The average molecular weight is 310 g/mol. The van der Waals surface area contributed by atoms with Gasteiger partial charge in [-0.2, -0.15) is 0 Å². The fraction of sp³-hybridized carbons (Fsp3) is 0.941. The summed E-state index contributed by atoms with van der Waals surface area (Å²) in [5.41, 5.74) is 0.167. The Bertz CT molecular complexity index is 347. The molecule has 1 saturated carbocycles. The second-order valence-electron chi connectivity index (χ2n) is 7.23. The van der Waals surface area contributed by atoms with Crippen LogP contribution in [0.25, 0.3) is 0 Å². The molecule has 0 atom stereocenters. The first-order chi connectivity index (χ1) is 10.6. The molecule has 0 aromatic carbocycles. The van der Waals surface area contributed by atoms with E-state index in [0.717, 1.165) is 38.2 Å². The highest BCUT2D eigenvalue weighted by molar-refractivity contribution is 5.79. The largest absolute Gasteiger partial charge is 0.379 e. The number of likely N-dealkylation sites (tertiary alicyclic amines) is 1. The highest BCUT2D eigenvalue weighted by Crippen LogP contribution is 2.28. The maximum absolute atomic E-state index is 5.64. The Kier molecular flexibility index (Phi) is 6.96. The van der Waals surface area contributed by atoms with Gasteiger partial charge in [0.15, 0.2) is 5.96 Å². The van der Waals surface area contributed by atoms with Gasteiger partial charge in [0.05, 0.1) is 6.61 Å². The molecule has 1 saturated heterocycles. The summed E-state index contributed by atoms with van der Waals surface area (Å²) in [6, 6.07) is 0. The molecule has 1 aliphatic heterocycles. The summed E-state index contributed by atoms with van der Waals surface area (Å²) in [7, 11) is 1.83. The molecule has 5 heteroatoms. The Morgan fingerprint density at radius 2 is 1.91 bits per heavy atom. The van der Waals surface area contributed by atoms with Crippen LogP contribution in [0.3, 0.4) is 0 Å². The highest BCUT2D eigenvalue weighted by Gasteiger charge is 2.27. The number of hydrogen-bond donors (Lipinski definition) is 2. The first kappa shape index (κ1) is 17.5. The molecule has 5 nitrogen and oxygen atoms in total. The first-order valence-corrected chi connectivity index (χ1v) is 8.89. The Morgan fingerprint density at radius 3 is 2.55 bits per heavy atom. The van der Waals surface area contributed by atoms with Gasteiger partial charge in [0, 0.05) is 32.3 Å². The van der Waals surface area contributed by atoms with Crippen LogP contribution in [-0.2, 0) is 4.74 Å². The molecule has 0 aromatic rings. The SMILES string of the molecule is CN=C(NCCOCC1CC1)NCC(C)(C)N1CCCCC1. The number of nitrogens with zero attached hydrogens (tertiary/aromatic N) is 2. The Labute approximate surface area is 135 Å². The molecule has 2 N–H and O–H groups in total. The van der Waals surface area contributed by atoms with Crippen LogP contribution >= 0.6 is 0 Å². The maximum atomic E-state index is 5.64. The molecular weight excluding hydrogens is 276 g/mol. The van der Waals surface area contributed by atoms with Crippen molar-refractivity contribution in [2.24, 2.45) is 10.9 Å². The molecule has 0 spiro atoms. The van der Waals surface area contributed by atoms with E-state index in [0.29, 0.717) is 0 Å². The molecule has 1 aliphatic carbocycles. The monoisotopic (exact) mass is 310 g/mol. The van der Waals surface area contributed by atoms with Crippen molar-refractivity contribution in [3.63, 3.8) is 0 Å². The lowest BCUT2D eigenvalue weighted by molar-refractivity contribution is 0.0981. The smallest absolute Gasteiger partial charge is 0.191 e. The van der Waals surface area contributed by atoms with Crippen LogP contribution in [0.5, 0.6) is 0 Å². The molecule has 2 rings (SSSR count). The van der Waals surface area contributed by atoms with Crippen LogP contribution < -0.4 is 10.6 Å². The van der Waals surface area contributed by atoms with Gasteiger partial charge in [-0.1, -0.05) is 6.42 Å². The highest BCUT2D eigenvalue weighted by atomic mass is 16.5. The quantitative estimate of drug-likeness (QED) is 0.408. The van der Waals surface area contributed by atoms with E-state index in [4.69, 9.17) is 4.74 Å². The Hall–Kier alpha value is -0.810. The first-order valence-electron chi connectivity index (χ1n) is 8.89. The minimum absolute atomic E-state index is 0.167. The minimum Gasteiger partial charge on any atom is -0.379 e.